The van der Waals surface area contributed by atoms with E-state index in [1.54, 1.807) is 37.3 Å². The Bertz CT molecular complexity index is 1190. The van der Waals surface area contributed by atoms with E-state index in [0.29, 0.717) is 29.0 Å². The topological polar surface area (TPSA) is 118 Å². The van der Waals surface area contributed by atoms with E-state index in [0.717, 1.165) is 11.8 Å². The molecule has 0 spiro atoms. The average molecular weight is 479 g/mol. The van der Waals surface area contributed by atoms with E-state index in [1.165, 1.54) is 9.47 Å². The Morgan fingerprint density at radius 2 is 2.12 bits per heavy atom. The van der Waals surface area contributed by atoms with Crippen molar-refractivity contribution in [3.63, 3.8) is 0 Å². The van der Waals surface area contributed by atoms with Crippen molar-refractivity contribution in [3.05, 3.63) is 47.3 Å². The van der Waals surface area contributed by atoms with Gasteiger partial charge < -0.3 is 10.2 Å². The van der Waals surface area contributed by atoms with Gasteiger partial charge in [-0.1, -0.05) is 30.0 Å². The number of rotatable bonds is 9. The Hall–Kier alpha value is -2.66. The molecule has 0 radical (unpaired) electrons. The first-order chi connectivity index (χ1) is 15.2. The van der Waals surface area contributed by atoms with Crippen molar-refractivity contribution in [1.82, 2.24) is 19.8 Å². The van der Waals surface area contributed by atoms with E-state index in [1.807, 2.05) is 0 Å². The molecule has 1 aliphatic rings. The number of para-hydroxylation sites is 1. The summed E-state index contributed by atoms with van der Waals surface area (Å²) in [5.74, 6) is -0.667. The van der Waals surface area contributed by atoms with E-state index >= 15 is 0 Å². The maximum atomic E-state index is 12.8. The number of carbonyl (C=O) groups excluding carboxylic acids is 2. The number of likely N-dealkylation sites (N-methyl/N-ethyl adjacent to an activating group) is 1. The Balaban J connectivity index is 1.66. The largest absolute Gasteiger partial charge is 0.351 e. The number of nitrogens with one attached hydrogen (secondary N) is 1. The molecule has 0 saturated carbocycles. The van der Waals surface area contributed by atoms with Crippen LogP contribution in [0, 0.1) is 0 Å². The van der Waals surface area contributed by atoms with Gasteiger partial charge >= 0.3 is 0 Å². The van der Waals surface area contributed by atoms with Gasteiger partial charge in [0.25, 0.3) is 5.56 Å². The second-order valence-electron chi connectivity index (χ2n) is 7.48. The van der Waals surface area contributed by atoms with Crippen molar-refractivity contribution in [2.45, 2.75) is 31.1 Å². The fraction of sp³-hybridized carbons (Fsp3) is 0.429. The number of carbonyl (C=O) groups is 2. The molecule has 0 bridgehead atoms. The van der Waals surface area contributed by atoms with Gasteiger partial charge in [0.05, 0.1) is 34.7 Å². The third-order valence-corrected chi connectivity index (χ3v) is 7.86. The molecule has 2 aromatic rings. The zero-order valence-electron chi connectivity index (χ0n) is 17.8. The molecule has 2 amide bonds. The van der Waals surface area contributed by atoms with Crippen LogP contribution in [0.15, 0.2) is 46.9 Å². The van der Waals surface area contributed by atoms with Crippen LogP contribution in [-0.4, -0.2) is 71.1 Å². The van der Waals surface area contributed by atoms with Crippen molar-refractivity contribution >= 4 is 44.3 Å². The maximum absolute atomic E-state index is 12.8. The van der Waals surface area contributed by atoms with Gasteiger partial charge in [0, 0.05) is 19.1 Å². The highest BCUT2D eigenvalue weighted by molar-refractivity contribution is 7.99. The quantitative estimate of drug-likeness (QED) is 0.322. The minimum absolute atomic E-state index is 0.000844. The van der Waals surface area contributed by atoms with Gasteiger partial charge in [-0.15, -0.1) is 6.58 Å². The van der Waals surface area contributed by atoms with E-state index < -0.39 is 15.9 Å². The van der Waals surface area contributed by atoms with Gasteiger partial charge in [0.2, 0.25) is 11.8 Å². The van der Waals surface area contributed by atoms with Crippen LogP contribution >= 0.6 is 11.8 Å². The SMILES string of the molecule is C=CCn1c(SCC(=O)N(CC)CC(=O)N[C@H]2CCS(=O)(=O)C2)nc2ccccc2c1=O. The van der Waals surface area contributed by atoms with Gasteiger partial charge in [-0.25, -0.2) is 13.4 Å². The Morgan fingerprint density at radius 1 is 1.38 bits per heavy atom. The normalized spacial score (nSPS) is 17.2. The molecule has 172 valence electrons. The predicted octanol–water partition coefficient (Wildman–Crippen LogP) is 0.826. The van der Waals surface area contributed by atoms with Crippen molar-refractivity contribution in [1.29, 1.82) is 0 Å². The second kappa shape index (κ2) is 10.3. The molecule has 32 heavy (non-hydrogen) atoms. The zero-order valence-corrected chi connectivity index (χ0v) is 19.5. The van der Waals surface area contributed by atoms with Crippen LogP contribution in [-0.2, 0) is 26.0 Å². The molecule has 0 aliphatic carbocycles. The molecule has 1 fully saturated rings. The molecule has 1 atom stereocenters. The summed E-state index contributed by atoms with van der Waals surface area (Å²) in [6.07, 6.45) is 1.98. The first-order valence-electron chi connectivity index (χ1n) is 10.2. The van der Waals surface area contributed by atoms with Crippen LogP contribution in [0.5, 0.6) is 0 Å². The summed E-state index contributed by atoms with van der Waals surface area (Å²) in [5.41, 5.74) is 0.342. The average Bonchev–Trinajstić information content (AvgIpc) is 3.10. The van der Waals surface area contributed by atoms with Gasteiger partial charge in [0.1, 0.15) is 0 Å². The molecule has 3 rings (SSSR count). The smallest absolute Gasteiger partial charge is 0.262 e. The lowest BCUT2D eigenvalue weighted by molar-refractivity contribution is -0.134. The Labute approximate surface area is 190 Å². The third kappa shape index (κ3) is 5.77. The molecule has 9 nitrogen and oxygen atoms in total. The summed E-state index contributed by atoms with van der Waals surface area (Å²) in [7, 11) is -3.10. The van der Waals surface area contributed by atoms with Gasteiger partial charge in [-0.3, -0.25) is 19.0 Å². The van der Waals surface area contributed by atoms with E-state index in [4.69, 9.17) is 0 Å². The standard InChI is InChI=1S/C21H26N4O5S2/c1-3-10-25-20(28)16-7-5-6-8-17(16)23-21(25)31-13-19(27)24(4-2)12-18(26)22-15-9-11-32(29,30)14-15/h3,5-8,15H,1,4,9-14H2,2H3,(H,22,26)/t15-/m0/s1. The van der Waals surface area contributed by atoms with Crippen molar-refractivity contribution in [2.24, 2.45) is 0 Å². The number of nitrogens with zero attached hydrogens (tertiary/aromatic N) is 3. The van der Waals surface area contributed by atoms with Crippen LogP contribution in [0.2, 0.25) is 0 Å². The van der Waals surface area contributed by atoms with E-state index in [9.17, 15) is 22.8 Å². The second-order valence-corrected chi connectivity index (χ2v) is 10.7. The molecular weight excluding hydrogens is 452 g/mol. The summed E-state index contributed by atoms with van der Waals surface area (Å²) >= 11 is 1.13. The molecule has 1 aromatic carbocycles. The summed E-state index contributed by atoms with van der Waals surface area (Å²) < 4.78 is 24.6. The molecule has 1 aromatic heterocycles. The number of benzene rings is 1. The fourth-order valence-corrected chi connectivity index (χ4v) is 6.08. The molecular formula is C21H26N4O5S2. The number of hydrogen-bond acceptors (Lipinski definition) is 7. The highest BCUT2D eigenvalue weighted by Gasteiger charge is 2.29. The summed E-state index contributed by atoms with van der Waals surface area (Å²) in [6.45, 7) is 5.87. The molecule has 1 saturated heterocycles. The number of sulfone groups is 1. The van der Waals surface area contributed by atoms with Gasteiger partial charge in [0.15, 0.2) is 15.0 Å². The first-order valence-corrected chi connectivity index (χ1v) is 13.1. The number of aromatic nitrogens is 2. The number of allylic oxidation sites excluding steroid dienone is 1. The summed E-state index contributed by atoms with van der Waals surface area (Å²) in [4.78, 5) is 43.8. The van der Waals surface area contributed by atoms with Gasteiger partial charge in [-0.05, 0) is 25.5 Å². The van der Waals surface area contributed by atoms with Crippen LogP contribution in [0.3, 0.4) is 0 Å². The Morgan fingerprint density at radius 3 is 2.78 bits per heavy atom. The molecule has 11 heteroatoms. The van der Waals surface area contributed by atoms with Crippen molar-refractivity contribution in [3.8, 4) is 0 Å². The fourth-order valence-electron chi connectivity index (χ4n) is 3.50. The summed E-state index contributed by atoms with van der Waals surface area (Å²) in [6, 6.07) is 6.60. The monoisotopic (exact) mass is 478 g/mol. The lowest BCUT2D eigenvalue weighted by Gasteiger charge is -2.21. The van der Waals surface area contributed by atoms with Gasteiger partial charge in [-0.2, -0.15) is 0 Å². The molecule has 1 aliphatic heterocycles. The highest BCUT2D eigenvalue weighted by Crippen LogP contribution is 2.18. The van der Waals surface area contributed by atoms with E-state index in [2.05, 4.69) is 16.9 Å². The van der Waals surface area contributed by atoms with Crippen LogP contribution < -0.4 is 10.9 Å². The van der Waals surface area contributed by atoms with Crippen LogP contribution in [0.25, 0.3) is 10.9 Å². The summed E-state index contributed by atoms with van der Waals surface area (Å²) in [5, 5.41) is 3.59. The van der Waals surface area contributed by atoms with Crippen molar-refractivity contribution < 1.29 is 18.0 Å². The number of amides is 2. The van der Waals surface area contributed by atoms with Crippen LogP contribution in [0.1, 0.15) is 13.3 Å². The Kier molecular flexibility index (Phi) is 7.73. The lowest BCUT2D eigenvalue weighted by Crippen LogP contribution is -2.45. The minimum Gasteiger partial charge on any atom is -0.351 e. The maximum Gasteiger partial charge on any atom is 0.262 e. The molecule has 0 unspecified atom stereocenters. The van der Waals surface area contributed by atoms with Crippen molar-refractivity contribution in [2.75, 3.05) is 30.3 Å². The minimum atomic E-state index is -3.10. The number of thioether (sulfide) groups is 1. The molecule has 1 N–H and O–H groups in total. The lowest BCUT2D eigenvalue weighted by atomic mass is 10.2. The van der Waals surface area contributed by atoms with Crippen LogP contribution in [0.4, 0.5) is 0 Å². The predicted molar refractivity (Wildman–Crippen MR) is 124 cm³/mol. The first kappa shape index (κ1) is 24.0. The number of hydrogen-bond donors (Lipinski definition) is 1. The highest BCUT2D eigenvalue weighted by atomic mass is 32.2. The molecule has 2 heterocycles. The zero-order chi connectivity index (χ0) is 23.3. The number of fused-ring (bicyclic) bond motifs is 1. The third-order valence-electron chi connectivity index (χ3n) is 5.13. The van der Waals surface area contributed by atoms with E-state index in [-0.39, 0.29) is 47.7 Å².